The highest BCUT2D eigenvalue weighted by molar-refractivity contribution is 6.30. The highest BCUT2D eigenvalue weighted by Gasteiger charge is 2.21. The fourth-order valence-corrected chi connectivity index (χ4v) is 2.85. The van der Waals surface area contributed by atoms with Gasteiger partial charge in [-0.2, -0.15) is 0 Å². The van der Waals surface area contributed by atoms with Gasteiger partial charge in [0.25, 0.3) is 0 Å². The number of rotatable bonds is 2. The topological polar surface area (TPSA) is 12.5 Å². The SMILES string of the molecule is CC(c1ccc(F)c(Cl)c1)N1CCOc2ccccc2C1. The largest absolute Gasteiger partial charge is 0.492 e. The van der Waals surface area contributed by atoms with Crippen LogP contribution in [0.3, 0.4) is 0 Å². The molecular weight excluding hydrogens is 289 g/mol. The zero-order valence-corrected chi connectivity index (χ0v) is 12.6. The number of benzene rings is 2. The van der Waals surface area contributed by atoms with E-state index in [0.717, 1.165) is 24.4 Å². The van der Waals surface area contributed by atoms with E-state index < -0.39 is 0 Å². The summed E-state index contributed by atoms with van der Waals surface area (Å²) in [5.41, 5.74) is 2.19. The molecule has 1 heterocycles. The van der Waals surface area contributed by atoms with E-state index >= 15 is 0 Å². The second kappa shape index (κ2) is 6.04. The number of ether oxygens (including phenoxy) is 1. The van der Waals surface area contributed by atoms with Crippen molar-refractivity contribution in [2.45, 2.75) is 19.5 Å². The zero-order chi connectivity index (χ0) is 14.8. The lowest BCUT2D eigenvalue weighted by molar-refractivity contribution is 0.179. The Labute approximate surface area is 129 Å². The lowest BCUT2D eigenvalue weighted by atomic mass is 10.1. The molecule has 0 radical (unpaired) electrons. The van der Waals surface area contributed by atoms with Gasteiger partial charge in [0.15, 0.2) is 0 Å². The highest BCUT2D eigenvalue weighted by Crippen LogP contribution is 2.29. The average molecular weight is 306 g/mol. The lowest BCUT2D eigenvalue weighted by Crippen LogP contribution is -2.28. The quantitative estimate of drug-likeness (QED) is 0.813. The predicted octanol–water partition coefficient (Wildman–Crippen LogP) is 4.43. The fraction of sp³-hybridized carbons (Fsp3) is 0.294. The van der Waals surface area contributed by atoms with Crippen LogP contribution in [0, 0.1) is 5.82 Å². The van der Waals surface area contributed by atoms with Crippen LogP contribution in [-0.4, -0.2) is 18.1 Å². The fourth-order valence-electron chi connectivity index (χ4n) is 2.66. The van der Waals surface area contributed by atoms with Crippen LogP contribution in [-0.2, 0) is 6.54 Å². The molecule has 0 spiro atoms. The molecule has 0 aliphatic carbocycles. The number of para-hydroxylation sites is 1. The Morgan fingerprint density at radius 2 is 2.05 bits per heavy atom. The van der Waals surface area contributed by atoms with Crippen LogP contribution >= 0.6 is 11.6 Å². The molecule has 0 saturated heterocycles. The van der Waals surface area contributed by atoms with E-state index in [1.807, 2.05) is 18.2 Å². The molecule has 2 aromatic carbocycles. The van der Waals surface area contributed by atoms with Gasteiger partial charge in [-0.25, -0.2) is 4.39 Å². The minimum absolute atomic E-state index is 0.151. The molecule has 2 aromatic rings. The highest BCUT2D eigenvalue weighted by atomic mass is 35.5. The van der Waals surface area contributed by atoms with E-state index in [0.29, 0.717) is 6.61 Å². The summed E-state index contributed by atoms with van der Waals surface area (Å²) in [6.07, 6.45) is 0. The predicted molar refractivity (Wildman–Crippen MR) is 82.2 cm³/mol. The number of halogens is 2. The van der Waals surface area contributed by atoms with Gasteiger partial charge in [0, 0.05) is 24.7 Å². The molecule has 0 bridgehead atoms. The van der Waals surface area contributed by atoms with Crippen LogP contribution in [0.1, 0.15) is 24.1 Å². The van der Waals surface area contributed by atoms with Crippen LogP contribution in [0.5, 0.6) is 5.75 Å². The molecule has 1 aliphatic heterocycles. The van der Waals surface area contributed by atoms with Crippen LogP contribution in [0.25, 0.3) is 0 Å². The summed E-state index contributed by atoms with van der Waals surface area (Å²) >= 11 is 5.89. The molecule has 3 rings (SSSR count). The summed E-state index contributed by atoms with van der Waals surface area (Å²) in [7, 11) is 0. The number of fused-ring (bicyclic) bond motifs is 1. The maximum Gasteiger partial charge on any atom is 0.141 e. The Morgan fingerprint density at radius 1 is 1.24 bits per heavy atom. The molecule has 1 atom stereocenters. The Balaban J connectivity index is 1.84. The van der Waals surface area contributed by atoms with Crippen molar-refractivity contribution in [2.75, 3.05) is 13.2 Å². The standard InChI is InChI=1S/C17H17ClFNO/c1-12(13-6-7-16(19)15(18)10-13)20-8-9-21-17-5-3-2-4-14(17)11-20/h2-7,10,12H,8-9,11H2,1H3. The molecule has 0 amide bonds. The summed E-state index contributed by atoms with van der Waals surface area (Å²) in [5, 5.41) is 0.172. The summed E-state index contributed by atoms with van der Waals surface area (Å²) in [6.45, 7) is 4.39. The van der Waals surface area contributed by atoms with Crippen LogP contribution < -0.4 is 4.74 Å². The van der Waals surface area contributed by atoms with Gasteiger partial charge in [-0.1, -0.05) is 35.9 Å². The molecule has 0 fully saturated rings. The minimum atomic E-state index is -0.378. The third kappa shape index (κ3) is 3.04. The van der Waals surface area contributed by atoms with E-state index in [-0.39, 0.29) is 16.9 Å². The first-order valence-electron chi connectivity index (χ1n) is 7.05. The van der Waals surface area contributed by atoms with Crippen molar-refractivity contribution in [2.24, 2.45) is 0 Å². The molecule has 110 valence electrons. The van der Waals surface area contributed by atoms with Crippen LogP contribution in [0.4, 0.5) is 4.39 Å². The number of hydrogen-bond donors (Lipinski definition) is 0. The first-order chi connectivity index (χ1) is 10.1. The Bertz CT molecular complexity index is 646. The summed E-state index contributed by atoms with van der Waals surface area (Å²) in [5.74, 6) is 0.571. The molecular formula is C17H17ClFNO. The Morgan fingerprint density at radius 3 is 2.86 bits per heavy atom. The van der Waals surface area contributed by atoms with Gasteiger partial charge in [0.05, 0.1) is 5.02 Å². The van der Waals surface area contributed by atoms with Crippen molar-refractivity contribution in [1.82, 2.24) is 4.90 Å². The second-order valence-corrected chi connectivity index (χ2v) is 5.68. The van der Waals surface area contributed by atoms with Crippen molar-refractivity contribution < 1.29 is 9.13 Å². The third-order valence-electron chi connectivity index (χ3n) is 3.96. The van der Waals surface area contributed by atoms with E-state index in [4.69, 9.17) is 16.3 Å². The summed E-state index contributed by atoms with van der Waals surface area (Å²) in [6, 6.07) is 13.2. The minimum Gasteiger partial charge on any atom is -0.492 e. The molecule has 1 aliphatic rings. The maximum atomic E-state index is 13.3. The lowest BCUT2D eigenvalue weighted by Gasteiger charge is -2.27. The second-order valence-electron chi connectivity index (χ2n) is 5.28. The number of hydrogen-bond acceptors (Lipinski definition) is 2. The average Bonchev–Trinajstić information content (AvgIpc) is 2.71. The van der Waals surface area contributed by atoms with Crippen LogP contribution in [0.15, 0.2) is 42.5 Å². The van der Waals surface area contributed by atoms with E-state index in [2.05, 4.69) is 17.9 Å². The van der Waals surface area contributed by atoms with Crippen molar-refractivity contribution in [1.29, 1.82) is 0 Å². The summed E-state index contributed by atoms with van der Waals surface area (Å²) in [4.78, 5) is 2.31. The van der Waals surface area contributed by atoms with Gasteiger partial charge in [-0.3, -0.25) is 4.90 Å². The molecule has 21 heavy (non-hydrogen) atoms. The molecule has 4 heteroatoms. The van der Waals surface area contributed by atoms with Gasteiger partial charge in [-0.15, -0.1) is 0 Å². The first-order valence-corrected chi connectivity index (χ1v) is 7.42. The van der Waals surface area contributed by atoms with Gasteiger partial charge < -0.3 is 4.74 Å². The first kappa shape index (κ1) is 14.4. The van der Waals surface area contributed by atoms with E-state index in [1.165, 1.54) is 11.6 Å². The summed E-state index contributed by atoms with van der Waals surface area (Å²) < 4.78 is 19.1. The smallest absolute Gasteiger partial charge is 0.141 e. The molecule has 1 unspecified atom stereocenters. The van der Waals surface area contributed by atoms with Gasteiger partial charge in [0.1, 0.15) is 18.2 Å². The maximum absolute atomic E-state index is 13.3. The van der Waals surface area contributed by atoms with E-state index in [1.54, 1.807) is 12.1 Å². The van der Waals surface area contributed by atoms with Gasteiger partial charge >= 0.3 is 0 Å². The van der Waals surface area contributed by atoms with Crippen LogP contribution in [0.2, 0.25) is 5.02 Å². The van der Waals surface area contributed by atoms with Crippen molar-refractivity contribution in [3.8, 4) is 5.75 Å². The third-order valence-corrected chi connectivity index (χ3v) is 4.25. The Hall–Kier alpha value is -1.58. The van der Waals surface area contributed by atoms with Crippen molar-refractivity contribution >= 4 is 11.6 Å². The monoisotopic (exact) mass is 305 g/mol. The van der Waals surface area contributed by atoms with Gasteiger partial charge in [0.2, 0.25) is 0 Å². The van der Waals surface area contributed by atoms with Crippen molar-refractivity contribution in [3.05, 3.63) is 64.4 Å². The van der Waals surface area contributed by atoms with E-state index in [9.17, 15) is 4.39 Å². The zero-order valence-electron chi connectivity index (χ0n) is 11.9. The molecule has 0 aromatic heterocycles. The molecule has 0 saturated carbocycles. The molecule has 2 nitrogen and oxygen atoms in total. The molecule has 0 N–H and O–H groups in total. The van der Waals surface area contributed by atoms with Gasteiger partial charge in [-0.05, 0) is 30.7 Å². The number of nitrogens with zero attached hydrogens (tertiary/aromatic N) is 1. The Kier molecular flexibility index (Phi) is 4.13. The van der Waals surface area contributed by atoms with Crippen molar-refractivity contribution in [3.63, 3.8) is 0 Å². The normalized spacial score (nSPS) is 16.7.